The molecule has 0 aliphatic rings. The monoisotopic (exact) mass is 295 g/mol. The van der Waals surface area contributed by atoms with E-state index in [-0.39, 0.29) is 18.4 Å². The number of amides is 2. The van der Waals surface area contributed by atoms with Crippen molar-refractivity contribution in [1.82, 2.24) is 10.7 Å². The molecule has 22 heavy (non-hydrogen) atoms. The molecule has 0 spiro atoms. The van der Waals surface area contributed by atoms with Crippen molar-refractivity contribution in [3.63, 3.8) is 0 Å². The minimum atomic E-state index is -0.375. The Morgan fingerprint density at radius 3 is 2.05 bits per heavy atom. The van der Waals surface area contributed by atoms with Crippen molar-refractivity contribution in [2.75, 3.05) is 6.54 Å². The molecular weight excluding hydrogens is 278 g/mol. The molecule has 0 saturated carbocycles. The molecule has 5 heteroatoms. The number of hydrogen-bond donors (Lipinski definition) is 2. The Hall–Kier alpha value is -2.95. The summed E-state index contributed by atoms with van der Waals surface area (Å²) in [6.45, 7) is 1.68. The second-order valence-electron chi connectivity index (χ2n) is 4.65. The van der Waals surface area contributed by atoms with Crippen LogP contribution in [0.3, 0.4) is 0 Å². The highest BCUT2D eigenvalue weighted by Gasteiger charge is 2.07. The predicted molar refractivity (Wildman–Crippen MR) is 85.6 cm³/mol. The lowest BCUT2D eigenvalue weighted by atomic mass is 10.1. The van der Waals surface area contributed by atoms with Crippen LogP contribution in [-0.2, 0) is 4.79 Å². The van der Waals surface area contributed by atoms with Crippen LogP contribution in [0.4, 0.5) is 0 Å². The van der Waals surface area contributed by atoms with Gasteiger partial charge in [0.15, 0.2) is 0 Å². The van der Waals surface area contributed by atoms with Crippen molar-refractivity contribution in [1.29, 1.82) is 0 Å². The van der Waals surface area contributed by atoms with Gasteiger partial charge in [0.25, 0.3) is 11.8 Å². The minimum Gasteiger partial charge on any atom is -0.343 e. The van der Waals surface area contributed by atoms with Crippen LogP contribution in [0, 0.1) is 0 Å². The van der Waals surface area contributed by atoms with E-state index in [1.807, 2.05) is 36.4 Å². The van der Waals surface area contributed by atoms with Gasteiger partial charge in [0, 0.05) is 5.56 Å². The van der Waals surface area contributed by atoms with Crippen LogP contribution in [-0.4, -0.2) is 24.1 Å². The molecule has 0 bridgehead atoms. The van der Waals surface area contributed by atoms with E-state index in [1.165, 1.54) is 0 Å². The zero-order valence-electron chi connectivity index (χ0n) is 12.2. The van der Waals surface area contributed by atoms with E-state index in [0.29, 0.717) is 11.3 Å². The van der Waals surface area contributed by atoms with Gasteiger partial charge >= 0.3 is 0 Å². The van der Waals surface area contributed by atoms with Crippen molar-refractivity contribution < 1.29 is 9.59 Å². The molecule has 0 radical (unpaired) electrons. The topological polar surface area (TPSA) is 70.6 Å². The average molecular weight is 295 g/mol. The van der Waals surface area contributed by atoms with E-state index in [9.17, 15) is 9.59 Å². The summed E-state index contributed by atoms with van der Waals surface area (Å²) in [6, 6.07) is 18.2. The molecule has 0 fully saturated rings. The van der Waals surface area contributed by atoms with Gasteiger partial charge < -0.3 is 5.32 Å². The van der Waals surface area contributed by atoms with Crippen LogP contribution in [0.1, 0.15) is 22.8 Å². The Labute approximate surface area is 129 Å². The summed E-state index contributed by atoms with van der Waals surface area (Å²) < 4.78 is 0. The molecule has 0 saturated heterocycles. The van der Waals surface area contributed by atoms with Crippen LogP contribution in [0.15, 0.2) is 65.8 Å². The maximum Gasteiger partial charge on any atom is 0.259 e. The van der Waals surface area contributed by atoms with Gasteiger partial charge in [-0.2, -0.15) is 5.10 Å². The van der Waals surface area contributed by atoms with Crippen LogP contribution >= 0.6 is 0 Å². The molecule has 0 aliphatic heterocycles. The summed E-state index contributed by atoms with van der Waals surface area (Å²) in [4.78, 5) is 23.5. The normalized spacial score (nSPS) is 10.9. The molecule has 2 aromatic carbocycles. The van der Waals surface area contributed by atoms with Gasteiger partial charge in [-0.1, -0.05) is 48.5 Å². The first-order valence-electron chi connectivity index (χ1n) is 6.88. The van der Waals surface area contributed by atoms with Crippen LogP contribution in [0.2, 0.25) is 0 Å². The number of carbonyl (C=O) groups is 2. The number of nitrogens with one attached hydrogen (secondary N) is 2. The Bertz CT molecular complexity index is 667. The maximum absolute atomic E-state index is 11.8. The highest BCUT2D eigenvalue weighted by molar-refractivity contribution is 5.99. The van der Waals surface area contributed by atoms with E-state index < -0.39 is 0 Å². The fraction of sp³-hybridized carbons (Fsp3) is 0.118. The highest BCUT2D eigenvalue weighted by Crippen LogP contribution is 2.00. The molecule has 2 N–H and O–H groups in total. The standard InChI is InChI=1S/C17H17N3O2/c1-13(14-8-4-2-5-9-14)19-20-16(21)12-18-17(22)15-10-6-3-7-11-15/h2-11H,12H2,1H3,(H,18,22)(H,20,21)/b19-13+. The predicted octanol–water partition coefficient (Wildman–Crippen LogP) is 1.96. The Morgan fingerprint density at radius 1 is 0.909 bits per heavy atom. The number of hydrazone groups is 1. The lowest BCUT2D eigenvalue weighted by molar-refractivity contribution is -0.120. The summed E-state index contributed by atoms with van der Waals surface area (Å²) in [7, 11) is 0. The third-order valence-corrected chi connectivity index (χ3v) is 2.99. The largest absolute Gasteiger partial charge is 0.343 e. The van der Waals surface area contributed by atoms with Crippen LogP contribution < -0.4 is 10.7 Å². The fourth-order valence-corrected chi connectivity index (χ4v) is 1.78. The summed E-state index contributed by atoms with van der Waals surface area (Å²) >= 11 is 0. The number of benzene rings is 2. The van der Waals surface area contributed by atoms with E-state index in [0.717, 1.165) is 5.56 Å². The number of hydrogen-bond acceptors (Lipinski definition) is 3. The van der Waals surface area contributed by atoms with Gasteiger partial charge in [-0.3, -0.25) is 9.59 Å². The van der Waals surface area contributed by atoms with Gasteiger partial charge in [-0.15, -0.1) is 0 Å². The molecule has 0 atom stereocenters. The fourth-order valence-electron chi connectivity index (χ4n) is 1.78. The van der Waals surface area contributed by atoms with Gasteiger partial charge in [0.2, 0.25) is 0 Å². The Balaban J connectivity index is 1.82. The molecule has 0 aromatic heterocycles. The van der Waals surface area contributed by atoms with Gasteiger partial charge in [-0.25, -0.2) is 5.43 Å². The Kier molecular flexibility index (Phi) is 5.43. The smallest absolute Gasteiger partial charge is 0.259 e. The second-order valence-corrected chi connectivity index (χ2v) is 4.65. The quantitative estimate of drug-likeness (QED) is 0.654. The van der Waals surface area contributed by atoms with Crippen molar-refractivity contribution in [3.8, 4) is 0 Å². The molecule has 5 nitrogen and oxygen atoms in total. The third kappa shape index (κ3) is 4.56. The SMILES string of the molecule is C/C(=N\NC(=O)CNC(=O)c1ccccc1)c1ccccc1. The lowest BCUT2D eigenvalue weighted by Crippen LogP contribution is -2.35. The van der Waals surface area contributed by atoms with Crippen LogP contribution in [0.25, 0.3) is 0 Å². The van der Waals surface area contributed by atoms with E-state index in [4.69, 9.17) is 0 Å². The van der Waals surface area contributed by atoms with Crippen molar-refractivity contribution in [3.05, 3.63) is 71.8 Å². The molecule has 2 aromatic rings. The first-order valence-corrected chi connectivity index (χ1v) is 6.88. The summed E-state index contributed by atoms with van der Waals surface area (Å²) in [5.74, 6) is -0.668. The van der Waals surface area contributed by atoms with E-state index in [1.54, 1.807) is 31.2 Å². The summed E-state index contributed by atoms with van der Waals surface area (Å²) in [5, 5.41) is 6.55. The van der Waals surface area contributed by atoms with E-state index in [2.05, 4.69) is 15.8 Å². The number of carbonyl (C=O) groups excluding carboxylic acids is 2. The zero-order valence-corrected chi connectivity index (χ0v) is 12.2. The molecule has 112 valence electrons. The molecule has 2 amide bonds. The maximum atomic E-state index is 11.8. The zero-order chi connectivity index (χ0) is 15.8. The number of nitrogens with zero attached hydrogens (tertiary/aromatic N) is 1. The lowest BCUT2D eigenvalue weighted by Gasteiger charge is -2.05. The summed E-state index contributed by atoms with van der Waals surface area (Å²) in [6.07, 6.45) is 0. The third-order valence-electron chi connectivity index (χ3n) is 2.99. The van der Waals surface area contributed by atoms with Crippen molar-refractivity contribution in [2.45, 2.75) is 6.92 Å². The summed E-state index contributed by atoms with van der Waals surface area (Å²) in [5.41, 5.74) is 4.56. The average Bonchev–Trinajstić information content (AvgIpc) is 2.59. The molecule has 0 unspecified atom stereocenters. The van der Waals surface area contributed by atoms with Crippen LogP contribution in [0.5, 0.6) is 0 Å². The molecule has 0 heterocycles. The first-order chi connectivity index (χ1) is 10.7. The van der Waals surface area contributed by atoms with Gasteiger partial charge in [0.1, 0.15) is 0 Å². The van der Waals surface area contributed by atoms with Crippen molar-refractivity contribution in [2.24, 2.45) is 5.10 Å². The molecule has 0 aliphatic carbocycles. The van der Waals surface area contributed by atoms with Gasteiger partial charge in [0.05, 0.1) is 12.3 Å². The minimum absolute atomic E-state index is 0.126. The molecular formula is C17H17N3O2. The van der Waals surface area contributed by atoms with Crippen molar-refractivity contribution >= 4 is 17.5 Å². The van der Waals surface area contributed by atoms with Gasteiger partial charge in [-0.05, 0) is 24.6 Å². The first kappa shape index (κ1) is 15.4. The second kappa shape index (κ2) is 7.73. The number of rotatable bonds is 5. The highest BCUT2D eigenvalue weighted by atomic mass is 16.2. The molecule has 2 rings (SSSR count). The van der Waals surface area contributed by atoms with E-state index >= 15 is 0 Å². The Morgan fingerprint density at radius 2 is 1.45 bits per heavy atom.